The first kappa shape index (κ1) is 17.9. The standard InChI is InChI=1S/C16H18BrNO4S/c1-3-9(4-2)8-18-15(21)12(23-16(18)22)7-10-5-6-11(19)14(20)13(10)17/h5-7,9,19-20H,3-4,8H2,1-2H3/b12-7-. The first-order valence-electron chi connectivity index (χ1n) is 7.34. The summed E-state index contributed by atoms with van der Waals surface area (Å²) in [5.74, 6) is -0.565. The molecule has 124 valence electrons. The lowest BCUT2D eigenvalue weighted by molar-refractivity contribution is -0.123. The highest BCUT2D eigenvalue weighted by molar-refractivity contribution is 9.10. The molecule has 0 radical (unpaired) electrons. The van der Waals surface area contributed by atoms with Gasteiger partial charge in [0.15, 0.2) is 11.5 Å². The second-order valence-electron chi connectivity index (χ2n) is 5.31. The number of thioether (sulfide) groups is 1. The van der Waals surface area contributed by atoms with Crippen LogP contribution in [-0.4, -0.2) is 32.8 Å². The molecule has 0 spiro atoms. The molecule has 1 fully saturated rings. The molecule has 2 amide bonds. The van der Waals surface area contributed by atoms with Gasteiger partial charge in [-0.25, -0.2) is 0 Å². The van der Waals surface area contributed by atoms with Gasteiger partial charge in [0.2, 0.25) is 0 Å². The van der Waals surface area contributed by atoms with Gasteiger partial charge in [-0.15, -0.1) is 0 Å². The van der Waals surface area contributed by atoms with Gasteiger partial charge in [0.05, 0.1) is 9.38 Å². The zero-order valence-electron chi connectivity index (χ0n) is 12.9. The first-order valence-corrected chi connectivity index (χ1v) is 8.95. The number of halogens is 1. The SMILES string of the molecule is CCC(CC)CN1C(=O)S/C(=C\c2ccc(O)c(O)c2Br)C1=O. The van der Waals surface area contributed by atoms with Gasteiger partial charge in [0.1, 0.15) is 0 Å². The van der Waals surface area contributed by atoms with Gasteiger partial charge in [-0.2, -0.15) is 0 Å². The molecule has 1 aromatic carbocycles. The van der Waals surface area contributed by atoms with E-state index in [2.05, 4.69) is 15.9 Å². The topological polar surface area (TPSA) is 77.8 Å². The summed E-state index contributed by atoms with van der Waals surface area (Å²) in [6.45, 7) is 4.51. The summed E-state index contributed by atoms with van der Waals surface area (Å²) >= 11 is 4.07. The van der Waals surface area contributed by atoms with Crippen LogP contribution in [0, 0.1) is 5.92 Å². The molecule has 1 aliphatic rings. The van der Waals surface area contributed by atoms with E-state index >= 15 is 0 Å². The predicted octanol–water partition coefficient (Wildman–Crippen LogP) is 4.33. The minimum atomic E-state index is -0.314. The minimum absolute atomic E-state index is 0.254. The van der Waals surface area contributed by atoms with Gasteiger partial charge >= 0.3 is 0 Å². The van der Waals surface area contributed by atoms with E-state index in [1.807, 2.05) is 13.8 Å². The van der Waals surface area contributed by atoms with Crippen molar-refractivity contribution >= 4 is 44.9 Å². The molecular weight excluding hydrogens is 382 g/mol. The average Bonchev–Trinajstić information content (AvgIpc) is 2.80. The molecule has 1 heterocycles. The van der Waals surface area contributed by atoms with Crippen molar-refractivity contribution < 1.29 is 19.8 Å². The highest BCUT2D eigenvalue weighted by atomic mass is 79.9. The van der Waals surface area contributed by atoms with Crippen LogP contribution in [0.5, 0.6) is 11.5 Å². The molecule has 2 N–H and O–H groups in total. The Hall–Kier alpha value is -1.47. The van der Waals surface area contributed by atoms with E-state index in [4.69, 9.17) is 0 Å². The van der Waals surface area contributed by atoms with Crippen LogP contribution in [0.1, 0.15) is 32.3 Å². The third-order valence-electron chi connectivity index (χ3n) is 3.88. The maximum Gasteiger partial charge on any atom is 0.293 e. The number of benzene rings is 1. The highest BCUT2D eigenvalue weighted by Gasteiger charge is 2.36. The maximum absolute atomic E-state index is 12.4. The van der Waals surface area contributed by atoms with Gasteiger partial charge in [-0.1, -0.05) is 26.7 Å². The van der Waals surface area contributed by atoms with Crippen LogP contribution in [0.3, 0.4) is 0 Å². The largest absolute Gasteiger partial charge is 0.504 e. The Morgan fingerprint density at radius 1 is 1.26 bits per heavy atom. The average molecular weight is 400 g/mol. The Morgan fingerprint density at radius 3 is 2.52 bits per heavy atom. The molecule has 1 saturated heterocycles. The lowest BCUT2D eigenvalue weighted by Gasteiger charge is -2.19. The van der Waals surface area contributed by atoms with Crippen molar-refractivity contribution in [3.8, 4) is 11.5 Å². The van der Waals surface area contributed by atoms with E-state index in [1.165, 1.54) is 11.0 Å². The van der Waals surface area contributed by atoms with Crippen molar-refractivity contribution in [3.05, 3.63) is 27.1 Å². The van der Waals surface area contributed by atoms with Gasteiger partial charge in [-0.05, 0) is 57.4 Å². The van der Waals surface area contributed by atoms with E-state index in [1.54, 1.807) is 12.1 Å². The Labute approximate surface area is 147 Å². The van der Waals surface area contributed by atoms with Crippen LogP contribution in [0.2, 0.25) is 0 Å². The predicted molar refractivity (Wildman–Crippen MR) is 94.2 cm³/mol. The molecular formula is C16H18BrNO4S. The Morgan fingerprint density at radius 2 is 1.91 bits per heavy atom. The second kappa shape index (κ2) is 7.40. The number of imide groups is 1. The van der Waals surface area contributed by atoms with Gasteiger partial charge in [-0.3, -0.25) is 14.5 Å². The Kier molecular flexibility index (Phi) is 5.75. The molecule has 0 aliphatic carbocycles. The van der Waals surface area contributed by atoms with Crippen molar-refractivity contribution in [3.63, 3.8) is 0 Å². The van der Waals surface area contributed by atoms with Crippen molar-refractivity contribution in [1.82, 2.24) is 4.90 Å². The van der Waals surface area contributed by atoms with E-state index < -0.39 is 0 Å². The summed E-state index contributed by atoms with van der Waals surface area (Å²) in [6, 6.07) is 2.90. The van der Waals surface area contributed by atoms with E-state index in [0.717, 1.165) is 24.6 Å². The summed E-state index contributed by atoms with van der Waals surface area (Å²) in [6.07, 6.45) is 3.37. The molecule has 1 aliphatic heterocycles. The number of phenolic OH excluding ortho intramolecular Hbond substituents is 2. The minimum Gasteiger partial charge on any atom is -0.504 e. The molecule has 2 rings (SSSR count). The first-order chi connectivity index (χ1) is 10.9. The van der Waals surface area contributed by atoms with Crippen LogP contribution in [0.4, 0.5) is 4.79 Å². The summed E-state index contributed by atoms with van der Waals surface area (Å²) in [5.41, 5.74) is 0.522. The number of amides is 2. The molecule has 0 aromatic heterocycles. The van der Waals surface area contributed by atoms with Crippen molar-refractivity contribution in [2.45, 2.75) is 26.7 Å². The van der Waals surface area contributed by atoms with Gasteiger partial charge in [0.25, 0.3) is 11.1 Å². The fourth-order valence-corrected chi connectivity index (χ4v) is 3.57. The Bertz CT molecular complexity index is 670. The summed E-state index contributed by atoms with van der Waals surface area (Å²) < 4.78 is 0.282. The zero-order chi connectivity index (χ0) is 17.1. The lowest BCUT2D eigenvalue weighted by Crippen LogP contribution is -2.33. The molecule has 0 bridgehead atoms. The number of hydrogen-bond acceptors (Lipinski definition) is 5. The lowest BCUT2D eigenvalue weighted by atomic mass is 10.0. The van der Waals surface area contributed by atoms with Crippen LogP contribution >= 0.6 is 27.7 Å². The number of rotatable bonds is 5. The van der Waals surface area contributed by atoms with Crippen LogP contribution in [0.15, 0.2) is 21.5 Å². The summed E-state index contributed by atoms with van der Waals surface area (Å²) in [5, 5.41) is 18.9. The van der Waals surface area contributed by atoms with Crippen molar-refractivity contribution in [2.75, 3.05) is 6.54 Å². The molecule has 0 unspecified atom stereocenters. The molecule has 7 heteroatoms. The number of carbonyl (C=O) groups excluding carboxylic acids is 2. The van der Waals surface area contributed by atoms with E-state index in [9.17, 15) is 19.8 Å². The highest BCUT2D eigenvalue weighted by Crippen LogP contribution is 2.39. The zero-order valence-corrected chi connectivity index (χ0v) is 15.3. The smallest absolute Gasteiger partial charge is 0.293 e. The monoisotopic (exact) mass is 399 g/mol. The van der Waals surface area contributed by atoms with Gasteiger partial charge < -0.3 is 10.2 Å². The molecule has 1 aromatic rings. The molecule has 23 heavy (non-hydrogen) atoms. The maximum atomic E-state index is 12.4. The van der Waals surface area contributed by atoms with Gasteiger partial charge in [0, 0.05) is 6.54 Å². The van der Waals surface area contributed by atoms with E-state index in [0.29, 0.717) is 22.9 Å². The van der Waals surface area contributed by atoms with Crippen molar-refractivity contribution in [2.24, 2.45) is 5.92 Å². The molecule has 0 saturated carbocycles. The second-order valence-corrected chi connectivity index (χ2v) is 7.10. The number of nitrogens with zero attached hydrogens (tertiary/aromatic N) is 1. The van der Waals surface area contributed by atoms with Crippen LogP contribution in [0.25, 0.3) is 6.08 Å². The fraction of sp³-hybridized carbons (Fsp3) is 0.375. The molecule has 5 nitrogen and oxygen atoms in total. The Balaban J connectivity index is 2.27. The van der Waals surface area contributed by atoms with E-state index in [-0.39, 0.29) is 27.1 Å². The molecule has 0 atom stereocenters. The van der Waals surface area contributed by atoms with Crippen LogP contribution < -0.4 is 0 Å². The summed E-state index contributed by atoms with van der Waals surface area (Å²) in [4.78, 5) is 26.1. The fourth-order valence-electron chi connectivity index (χ4n) is 2.29. The third kappa shape index (κ3) is 3.72. The number of hydrogen-bond donors (Lipinski definition) is 2. The van der Waals surface area contributed by atoms with Crippen molar-refractivity contribution in [1.29, 1.82) is 0 Å². The van der Waals surface area contributed by atoms with Crippen LogP contribution in [-0.2, 0) is 4.79 Å². The third-order valence-corrected chi connectivity index (χ3v) is 5.62. The normalized spacial score (nSPS) is 16.9. The quantitative estimate of drug-likeness (QED) is 0.568. The summed E-state index contributed by atoms with van der Waals surface area (Å²) in [7, 11) is 0. The number of carbonyl (C=O) groups is 2. The number of phenols is 2. The number of aromatic hydroxyl groups is 2.